The van der Waals surface area contributed by atoms with E-state index < -0.39 is 0 Å². The van der Waals surface area contributed by atoms with Crippen LogP contribution in [-0.2, 0) is 9.53 Å². The summed E-state index contributed by atoms with van der Waals surface area (Å²) in [7, 11) is 0. The van der Waals surface area contributed by atoms with E-state index in [2.05, 4.69) is 35.8 Å². The Labute approximate surface area is 176 Å². The van der Waals surface area contributed by atoms with Crippen molar-refractivity contribution >= 4 is 5.97 Å². The van der Waals surface area contributed by atoms with Gasteiger partial charge in [0.05, 0.1) is 5.92 Å². The highest BCUT2D eigenvalue weighted by molar-refractivity contribution is 5.76. The van der Waals surface area contributed by atoms with Crippen LogP contribution in [0.1, 0.15) is 65.2 Å². The van der Waals surface area contributed by atoms with E-state index in [9.17, 15) is 4.79 Å². The smallest absolute Gasteiger partial charge is 0.311 e. The normalized spacial score (nSPS) is 39.4. The number of piperazine rings is 1. The van der Waals surface area contributed by atoms with Crippen LogP contribution in [0.3, 0.4) is 0 Å². The number of hydrogen-bond donors (Lipinski definition) is 0. The zero-order valence-corrected chi connectivity index (χ0v) is 18.4. The van der Waals surface area contributed by atoms with Gasteiger partial charge < -0.3 is 4.74 Å². The molecule has 4 heteroatoms. The second-order valence-corrected chi connectivity index (χ2v) is 10.6. The lowest BCUT2D eigenvalue weighted by atomic mass is 9.62. The fraction of sp³-hybridized carbons (Fsp3) is 0.800. The summed E-state index contributed by atoms with van der Waals surface area (Å²) < 4.78 is 5.95. The van der Waals surface area contributed by atoms with Gasteiger partial charge in [0.15, 0.2) is 0 Å². The van der Waals surface area contributed by atoms with Gasteiger partial charge in [-0.25, -0.2) is 0 Å². The van der Waals surface area contributed by atoms with E-state index in [1.807, 2.05) is 0 Å². The lowest BCUT2D eigenvalue weighted by Crippen LogP contribution is -2.52. The summed E-state index contributed by atoms with van der Waals surface area (Å²) in [5.41, 5.74) is 3.12. The average Bonchev–Trinajstić information content (AvgIpc) is 3.01. The van der Waals surface area contributed by atoms with Gasteiger partial charge in [0.1, 0.15) is 6.10 Å². The highest BCUT2D eigenvalue weighted by atomic mass is 16.6. The number of carbonyl (C=O) groups excluding carboxylic acids is 1. The van der Waals surface area contributed by atoms with E-state index in [0.717, 1.165) is 38.5 Å². The first kappa shape index (κ1) is 19.8. The van der Waals surface area contributed by atoms with Gasteiger partial charge in [-0.2, -0.15) is 0 Å². The monoisotopic (exact) mass is 398 g/mol. The molecule has 0 unspecified atom stereocenters. The molecule has 0 aromatic carbocycles. The molecule has 3 fully saturated rings. The molecule has 2 heterocycles. The molecule has 4 nitrogen and oxygen atoms in total. The third kappa shape index (κ3) is 3.72. The first-order chi connectivity index (χ1) is 14.0. The molecule has 0 spiro atoms. The van der Waals surface area contributed by atoms with Crippen molar-refractivity contribution in [3.8, 4) is 0 Å². The number of carbonyl (C=O) groups is 1. The zero-order chi connectivity index (χ0) is 20.0. The van der Waals surface area contributed by atoms with E-state index in [-0.39, 0.29) is 29.3 Å². The third-order valence-electron chi connectivity index (χ3n) is 8.65. The van der Waals surface area contributed by atoms with Crippen molar-refractivity contribution in [3.05, 3.63) is 23.3 Å². The summed E-state index contributed by atoms with van der Waals surface area (Å²) in [4.78, 5) is 18.1. The summed E-state index contributed by atoms with van der Waals surface area (Å²) in [6.07, 6.45) is 15.3. The first-order valence-electron chi connectivity index (χ1n) is 12.1. The summed E-state index contributed by atoms with van der Waals surface area (Å²) in [5.74, 6) is 0.340. The van der Waals surface area contributed by atoms with Crippen molar-refractivity contribution in [3.63, 3.8) is 0 Å². The second-order valence-electron chi connectivity index (χ2n) is 10.6. The standard InChI is InChI=1S/C25H38N2O2/c1-18-7-6-10-25(2)16-23-20(15-22(18)25)21(24(28)29-23)17-26-11-13-27(14-12-26)19-8-4-3-5-9-19/h7,15,19-21,23H,3-6,8-14,16-17H2,1-2H3/t20-,21-,23-,25-/m1/s1. The average molecular weight is 399 g/mol. The summed E-state index contributed by atoms with van der Waals surface area (Å²) in [6.45, 7) is 10.0. The highest BCUT2D eigenvalue weighted by Crippen LogP contribution is 2.52. The zero-order valence-electron chi connectivity index (χ0n) is 18.4. The van der Waals surface area contributed by atoms with E-state index in [1.54, 1.807) is 0 Å². The summed E-state index contributed by atoms with van der Waals surface area (Å²) >= 11 is 0. The molecule has 0 aromatic heterocycles. The molecular formula is C25H38N2O2. The second kappa shape index (κ2) is 7.85. The molecule has 5 aliphatic rings. The Bertz CT molecular complexity index is 700. The van der Waals surface area contributed by atoms with Gasteiger partial charge >= 0.3 is 5.97 Å². The van der Waals surface area contributed by atoms with Crippen molar-refractivity contribution in [1.29, 1.82) is 0 Å². The van der Waals surface area contributed by atoms with Gasteiger partial charge in [-0.15, -0.1) is 0 Å². The molecule has 0 bridgehead atoms. The van der Waals surface area contributed by atoms with Gasteiger partial charge in [0, 0.05) is 44.7 Å². The van der Waals surface area contributed by atoms with Crippen LogP contribution in [0.5, 0.6) is 0 Å². The van der Waals surface area contributed by atoms with Crippen LogP contribution < -0.4 is 0 Å². The molecule has 5 rings (SSSR count). The third-order valence-corrected chi connectivity index (χ3v) is 8.65. The maximum Gasteiger partial charge on any atom is 0.311 e. The van der Waals surface area contributed by atoms with Crippen molar-refractivity contribution in [1.82, 2.24) is 9.80 Å². The van der Waals surface area contributed by atoms with Gasteiger partial charge in [-0.1, -0.05) is 43.9 Å². The number of ether oxygens (including phenoxy) is 1. The Hall–Kier alpha value is -1.13. The molecular weight excluding hydrogens is 360 g/mol. The van der Waals surface area contributed by atoms with E-state index in [0.29, 0.717) is 0 Å². The molecule has 0 aromatic rings. The first-order valence-corrected chi connectivity index (χ1v) is 12.1. The minimum absolute atomic E-state index is 0.0213. The van der Waals surface area contributed by atoms with Crippen LogP contribution in [0.4, 0.5) is 0 Å². The lowest BCUT2D eigenvalue weighted by Gasteiger charge is -2.43. The minimum Gasteiger partial charge on any atom is -0.461 e. The van der Waals surface area contributed by atoms with Gasteiger partial charge in [-0.05, 0) is 50.0 Å². The Morgan fingerprint density at radius 3 is 2.66 bits per heavy atom. The van der Waals surface area contributed by atoms with Gasteiger partial charge in [0.2, 0.25) is 0 Å². The number of allylic oxidation sites excluding steroid dienone is 3. The van der Waals surface area contributed by atoms with Crippen molar-refractivity contribution in [2.24, 2.45) is 17.3 Å². The minimum atomic E-state index is 0.0213. The lowest BCUT2D eigenvalue weighted by molar-refractivity contribution is -0.145. The fourth-order valence-corrected chi connectivity index (χ4v) is 6.87. The Balaban J connectivity index is 1.24. The molecule has 4 atom stereocenters. The van der Waals surface area contributed by atoms with Crippen LogP contribution in [0.15, 0.2) is 23.3 Å². The Kier molecular flexibility index (Phi) is 5.36. The van der Waals surface area contributed by atoms with E-state index in [1.165, 1.54) is 62.8 Å². The molecule has 2 saturated heterocycles. The molecule has 0 amide bonds. The predicted octanol–water partition coefficient (Wildman–Crippen LogP) is 4.17. The molecule has 0 radical (unpaired) electrons. The van der Waals surface area contributed by atoms with E-state index in [4.69, 9.17) is 4.74 Å². The van der Waals surface area contributed by atoms with Crippen molar-refractivity contribution in [2.45, 2.75) is 77.4 Å². The van der Waals surface area contributed by atoms with Crippen LogP contribution in [-0.4, -0.2) is 60.6 Å². The maximum absolute atomic E-state index is 12.8. The molecule has 29 heavy (non-hydrogen) atoms. The number of fused-ring (bicyclic) bond motifs is 2. The highest BCUT2D eigenvalue weighted by Gasteiger charge is 2.51. The van der Waals surface area contributed by atoms with Crippen molar-refractivity contribution < 1.29 is 9.53 Å². The Morgan fingerprint density at radius 1 is 1.14 bits per heavy atom. The summed E-state index contributed by atoms with van der Waals surface area (Å²) in [5, 5.41) is 0. The number of esters is 1. The van der Waals surface area contributed by atoms with Crippen LogP contribution in [0.2, 0.25) is 0 Å². The maximum atomic E-state index is 12.8. The summed E-state index contributed by atoms with van der Waals surface area (Å²) in [6, 6.07) is 0.813. The van der Waals surface area contributed by atoms with Crippen LogP contribution >= 0.6 is 0 Å². The SMILES string of the molecule is CC1=CCC[C@]2(C)C[C@H]3OC(=O)[C@H](CN4CCN(C5CCCCC5)CC4)[C@H]3C=C12. The largest absolute Gasteiger partial charge is 0.461 e. The van der Waals surface area contributed by atoms with Gasteiger partial charge in [0.25, 0.3) is 0 Å². The number of hydrogen-bond acceptors (Lipinski definition) is 4. The topological polar surface area (TPSA) is 32.8 Å². The molecule has 160 valence electrons. The van der Waals surface area contributed by atoms with Crippen LogP contribution in [0.25, 0.3) is 0 Å². The Morgan fingerprint density at radius 2 is 1.90 bits per heavy atom. The van der Waals surface area contributed by atoms with Gasteiger partial charge in [-0.3, -0.25) is 14.6 Å². The predicted molar refractivity (Wildman–Crippen MR) is 116 cm³/mol. The fourth-order valence-electron chi connectivity index (χ4n) is 6.87. The molecule has 1 saturated carbocycles. The number of nitrogens with zero attached hydrogens (tertiary/aromatic N) is 2. The van der Waals surface area contributed by atoms with E-state index >= 15 is 0 Å². The molecule has 0 N–H and O–H groups in total. The molecule has 3 aliphatic carbocycles. The number of rotatable bonds is 3. The van der Waals surface area contributed by atoms with Crippen molar-refractivity contribution in [2.75, 3.05) is 32.7 Å². The molecule has 2 aliphatic heterocycles. The quantitative estimate of drug-likeness (QED) is 0.668. The van der Waals surface area contributed by atoms with Crippen LogP contribution in [0, 0.1) is 17.3 Å².